The number of hydrogen-bond acceptors (Lipinski definition) is 8. The summed E-state index contributed by atoms with van der Waals surface area (Å²) in [5, 5.41) is 12.3. The van der Waals surface area contributed by atoms with Gasteiger partial charge in [0.1, 0.15) is 11.6 Å². The number of rotatable bonds is 9. The summed E-state index contributed by atoms with van der Waals surface area (Å²) < 4.78 is 33.3. The number of nitrogens with zero attached hydrogens (tertiary/aromatic N) is 4. The monoisotopic (exact) mass is 496 g/mol. The second-order valence-corrected chi connectivity index (χ2v) is 11.5. The zero-order chi connectivity index (χ0) is 24.4. The van der Waals surface area contributed by atoms with Gasteiger partial charge in [0.25, 0.3) is 0 Å². The summed E-state index contributed by atoms with van der Waals surface area (Å²) in [5.41, 5.74) is 1.88. The number of hydrogen-bond donors (Lipinski definition) is 2. The van der Waals surface area contributed by atoms with E-state index in [4.69, 9.17) is 4.42 Å². The molecule has 2 unspecified atom stereocenters. The van der Waals surface area contributed by atoms with Crippen molar-refractivity contribution in [3.8, 4) is 11.5 Å². The van der Waals surface area contributed by atoms with Crippen molar-refractivity contribution in [3.63, 3.8) is 0 Å². The fourth-order valence-corrected chi connectivity index (χ4v) is 5.15. The van der Waals surface area contributed by atoms with E-state index in [-0.39, 0.29) is 23.5 Å². The third-order valence-corrected chi connectivity index (χ3v) is 7.99. The highest BCUT2D eigenvalue weighted by Gasteiger charge is 2.32. The number of aromatic nitrogens is 3. The smallest absolute Gasteiger partial charge is 0.248 e. The summed E-state index contributed by atoms with van der Waals surface area (Å²) in [6, 6.07) is 13.9. The van der Waals surface area contributed by atoms with Crippen molar-refractivity contribution in [1.29, 1.82) is 0 Å². The van der Waals surface area contributed by atoms with Gasteiger partial charge in [-0.05, 0) is 62.8 Å². The molecule has 1 aromatic carbocycles. The quantitative estimate of drug-likeness (QED) is 0.458. The van der Waals surface area contributed by atoms with Crippen LogP contribution in [-0.4, -0.2) is 49.5 Å². The molecule has 9 nitrogen and oxygen atoms in total. The Hall–Kier alpha value is -2.98. The van der Waals surface area contributed by atoms with E-state index in [9.17, 15) is 8.42 Å². The molecular weight excluding hydrogens is 464 g/mol. The Bertz CT molecular complexity index is 1260. The molecule has 2 N–H and O–H groups in total. The molecule has 0 amide bonds. The molecule has 1 aliphatic carbocycles. The summed E-state index contributed by atoms with van der Waals surface area (Å²) >= 11 is 0. The standard InChI is InChI=1S/C25H32N6O3S/c1-3-35(32,33)30-21-14-19(15-22(27-21)31(2)16-17-11-12-17)24-28-29-25(34-24)23-20(10-7-13-26-23)18-8-5-4-6-9-18/h4-6,8-9,14-15,17,20,23,26H,3,7,10-13,16H2,1-2H3,(H,27,30). The van der Waals surface area contributed by atoms with Gasteiger partial charge in [-0.2, -0.15) is 0 Å². The van der Waals surface area contributed by atoms with Crippen LogP contribution in [0.4, 0.5) is 11.6 Å². The maximum Gasteiger partial charge on any atom is 0.248 e. The lowest BCUT2D eigenvalue weighted by Crippen LogP contribution is -2.33. The molecule has 1 aliphatic heterocycles. The van der Waals surface area contributed by atoms with Gasteiger partial charge >= 0.3 is 0 Å². The average Bonchev–Trinajstić information content (AvgIpc) is 3.55. The van der Waals surface area contributed by atoms with Crippen LogP contribution in [0.3, 0.4) is 0 Å². The number of benzene rings is 1. The molecule has 0 spiro atoms. The first-order valence-electron chi connectivity index (χ1n) is 12.3. The van der Waals surface area contributed by atoms with Crippen molar-refractivity contribution >= 4 is 21.7 Å². The lowest BCUT2D eigenvalue weighted by molar-refractivity contribution is 0.303. The third-order valence-electron chi connectivity index (χ3n) is 6.71. The van der Waals surface area contributed by atoms with Gasteiger partial charge in [0, 0.05) is 25.1 Å². The molecule has 10 heteroatoms. The Balaban J connectivity index is 1.46. The van der Waals surface area contributed by atoms with E-state index in [0.29, 0.717) is 29.1 Å². The fourth-order valence-electron chi connectivity index (χ4n) is 4.58. The minimum Gasteiger partial charge on any atom is -0.419 e. The van der Waals surface area contributed by atoms with Gasteiger partial charge in [-0.1, -0.05) is 30.3 Å². The average molecular weight is 497 g/mol. The van der Waals surface area contributed by atoms with E-state index in [1.54, 1.807) is 13.0 Å². The molecule has 2 fully saturated rings. The molecule has 2 atom stereocenters. The van der Waals surface area contributed by atoms with E-state index in [1.165, 1.54) is 18.4 Å². The van der Waals surface area contributed by atoms with Gasteiger partial charge in [0.05, 0.1) is 11.8 Å². The Labute approximate surface area is 206 Å². The van der Waals surface area contributed by atoms with Gasteiger partial charge in [-0.3, -0.25) is 4.72 Å². The van der Waals surface area contributed by atoms with Crippen LogP contribution in [0.2, 0.25) is 0 Å². The minimum absolute atomic E-state index is 0.0366. The van der Waals surface area contributed by atoms with Gasteiger partial charge in [-0.25, -0.2) is 13.4 Å². The maximum absolute atomic E-state index is 12.2. The largest absolute Gasteiger partial charge is 0.419 e. The van der Waals surface area contributed by atoms with Crippen LogP contribution < -0.4 is 14.9 Å². The van der Waals surface area contributed by atoms with Gasteiger partial charge in [0.15, 0.2) is 0 Å². The van der Waals surface area contributed by atoms with Crippen LogP contribution in [0, 0.1) is 5.92 Å². The number of pyridine rings is 1. The summed E-state index contributed by atoms with van der Waals surface area (Å²) in [4.78, 5) is 6.61. The van der Waals surface area contributed by atoms with Crippen LogP contribution >= 0.6 is 0 Å². The maximum atomic E-state index is 12.2. The molecule has 5 rings (SSSR count). The van der Waals surface area contributed by atoms with E-state index >= 15 is 0 Å². The molecule has 1 saturated heterocycles. The highest BCUT2D eigenvalue weighted by Crippen LogP contribution is 2.38. The first-order valence-corrected chi connectivity index (χ1v) is 13.9. The van der Waals surface area contributed by atoms with Crippen molar-refractivity contribution in [2.45, 2.75) is 44.6 Å². The number of sulfonamides is 1. The Morgan fingerprint density at radius 3 is 2.69 bits per heavy atom. The van der Waals surface area contributed by atoms with E-state index in [0.717, 1.165) is 25.9 Å². The van der Waals surface area contributed by atoms with Gasteiger partial charge in [0.2, 0.25) is 21.8 Å². The van der Waals surface area contributed by atoms with Gasteiger partial charge < -0.3 is 14.6 Å². The summed E-state index contributed by atoms with van der Waals surface area (Å²) in [5.74, 6) is 2.66. The zero-order valence-electron chi connectivity index (χ0n) is 20.1. The lowest BCUT2D eigenvalue weighted by atomic mass is 9.85. The van der Waals surface area contributed by atoms with Crippen LogP contribution in [0.25, 0.3) is 11.5 Å². The first kappa shape index (κ1) is 23.7. The molecule has 3 heterocycles. The van der Waals surface area contributed by atoms with Crippen molar-refractivity contribution in [2.75, 3.05) is 35.5 Å². The topological polar surface area (TPSA) is 113 Å². The second kappa shape index (κ2) is 9.94. The second-order valence-electron chi connectivity index (χ2n) is 9.47. The van der Waals surface area contributed by atoms with Crippen LogP contribution in [0.5, 0.6) is 0 Å². The SMILES string of the molecule is CCS(=O)(=O)Nc1cc(-c2nnc(C3NCCCC3c3ccccc3)o2)cc(N(C)CC2CC2)n1. The van der Waals surface area contributed by atoms with Crippen LogP contribution in [-0.2, 0) is 10.0 Å². The van der Waals surface area contributed by atoms with Crippen molar-refractivity contribution in [3.05, 3.63) is 53.9 Å². The molecule has 186 valence electrons. The lowest BCUT2D eigenvalue weighted by Gasteiger charge is -2.30. The van der Waals surface area contributed by atoms with E-state index in [1.807, 2.05) is 19.2 Å². The summed E-state index contributed by atoms with van der Waals surface area (Å²) in [6.45, 7) is 3.35. The molecule has 3 aromatic rings. The van der Waals surface area contributed by atoms with Crippen molar-refractivity contribution in [1.82, 2.24) is 20.5 Å². The highest BCUT2D eigenvalue weighted by molar-refractivity contribution is 7.92. The third kappa shape index (κ3) is 5.65. The van der Waals surface area contributed by atoms with Crippen molar-refractivity contribution < 1.29 is 12.8 Å². The minimum atomic E-state index is -3.48. The number of anilines is 2. The highest BCUT2D eigenvalue weighted by atomic mass is 32.2. The number of piperidine rings is 1. The predicted molar refractivity (Wildman–Crippen MR) is 136 cm³/mol. The molecule has 0 bridgehead atoms. The molecule has 2 aromatic heterocycles. The summed E-state index contributed by atoms with van der Waals surface area (Å²) in [6.07, 6.45) is 4.54. The van der Waals surface area contributed by atoms with E-state index < -0.39 is 10.0 Å². The zero-order valence-corrected chi connectivity index (χ0v) is 21.0. The first-order chi connectivity index (χ1) is 16.9. The van der Waals surface area contributed by atoms with Crippen LogP contribution in [0.15, 0.2) is 46.9 Å². The molecule has 2 aliphatic rings. The number of nitrogens with one attached hydrogen (secondary N) is 2. The summed E-state index contributed by atoms with van der Waals surface area (Å²) in [7, 11) is -1.51. The van der Waals surface area contributed by atoms with Crippen molar-refractivity contribution in [2.24, 2.45) is 5.92 Å². The van der Waals surface area contributed by atoms with E-state index in [2.05, 4.69) is 54.4 Å². The predicted octanol–water partition coefficient (Wildman–Crippen LogP) is 3.95. The van der Waals surface area contributed by atoms with Gasteiger partial charge in [-0.15, -0.1) is 10.2 Å². The van der Waals surface area contributed by atoms with Crippen LogP contribution in [0.1, 0.15) is 56.0 Å². The molecular formula is C25H32N6O3S. The Kier molecular flexibility index (Phi) is 6.75. The fraction of sp³-hybridized carbons (Fsp3) is 0.480. The Morgan fingerprint density at radius 2 is 1.94 bits per heavy atom. The Morgan fingerprint density at radius 1 is 1.14 bits per heavy atom. The normalized spacial score (nSPS) is 20.5. The molecule has 0 radical (unpaired) electrons. The molecule has 1 saturated carbocycles. The molecule has 35 heavy (non-hydrogen) atoms.